The van der Waals surface area contributed by atoms with E-state index in [4.69, 9.17) is 4.42 Å². The van der Waals surface area contributed by atoms with Crippen LogP contribution in [0.15, 0.2) is 47.0 Å². The summed E-state index contributed by atoms with van der Waals surface area (Å²) in [4.78, 5) is 16.1. The lowest BCUT2D eigenvalue weighted by atomic mass is 10.1. The zero-order chi connectivity index (χ0) is 19.6. The maximum Gasteiger partial charge on any atom is 0.422 e. The van der Waals surface area contributed by atoms with E-state index in [1.807, 2.05) is 31.2 Å². The summed E-state index contributed by atoms with van der Waals surface area (Å²) in [5.41, 5.74) is 1.88. The van der Waals surface area contributed by atoms with E-state index < -0.39 is 24.7 Å². The van der Waals surface area contributed by atoms with Crippen molar-refractivity contribution < 1.29 is 27.1 Å². The van der Waals surface area contributed by atoms with E-state index in [1.165, 1.54) is 18.3 Å². The number of hydrogen-bond acceptors (Lipinski definition) is 4. The fraction of sp³-hybridized carbons (Fsp3) is 0.263. The molecule has 0 bridgehead atoms. The summed E-state index contributed by atoms with van der Waals surface area (Å²) in [6, 6.07) is 9.74. The molecule has 0 aliphatic heterocycles. The zero-order valence-electron chi connectivity index (χ0n) is 14.6. The summed E-state index contributed by atoms with van der Waals surface area (Å²) < 4.78 is 46.8. The maximum absolute atomic E-state index is 12.4. The molecule has 0 saturated heterocycles. The number of hydrogen-bond donors (Lipinski definition) is 1. The summed E-state index contributed by atoms with van der Waals surface area (Å²) in [7, 11) is 0. The normalized spacial score (nSPS) is 12.8. The van der Waals surface area contributed by atoms with Crippen LogP contribution in [0.4, 0.5) is 13.2 Å². The van der Waals surface area contributed by atoms with E-state index in [0.29, 0.717) is 5.76 Å². The largest absolute Gasteiger partial charge is 0.468 e. The number of pyridine rings is 1. The standard InChI is InChI=1S/C19H17F3N2O3/c1-11-14-5-3-4-6-15(14)27-17(11)12(2)24-18(25)13-7-8-16(23-9-13)26-10-19(20,21)22/h3-9,12H,10H2,1-2H3,(H,24,25). The predicted molar refractivity (Wildman–Crippen MR) is 92.6 cm³/mol. The second-order valence-electron chi connectivity index (χ2n) is 6.07. The summed E-state index contributed by atoms with van der Waals surface area (Å²) >= 11 is 0. The highest BCUT2D eigenvalue weighted by molar-refractivity contribution is 5.94. The summed E-state index contributed by atoms with van der Waals surface area (Å²) in [6.45, 7) is 2.27. The summed E-state index contributed by atoms with van der Waals surface area (Å²) in [5.74, 6) is 0.0184. The molecule has 0 saturated carbocycles. The molecule has 27 heavy (non-hydrogen) atoms. The predicted octanol–water partition coefficient (Wildman–Crippen LogP) is 4.57. The van der Waals surface area contributed by atoms with Gasteiger partial charge in [-0.25, -0.2) is 4.98 Å². The Morgan fingerprint density at radius 2 is 2.00 bits per heavy atom. The monoisotopic (exact) mass is 378 g/mol. The second-order valence-corrected chi connectivity index (χ2v) is 6.07. The minimum Gasteiger partial charge on any atom is -0.468 e. The number of rotatable bonds is 5. The van der Waals surface area contributed by atoms with Gasteiger partial charge < -0.3 is 14.5 Å². The van der Waals surface area contributed by atoms with Crippen LogP contribution >= 0.6 is 0 Å². The Kier molecular flexibility index (Phi) is 5.07. The van der Waals surface area contributed by atoms with Crippen molar-refractivity contribution in [2.75, 3.05) is 6.61 Å². The molecule has 1 N–H and O–H groups in total. The van der Waals surface area contributed by atoms with Crippen LogP contribution in [0.2, 0.25) is 0 Å². The van der Waals surface area contributed by atoms with Crippen LogP contribution in [-0.4, -0.2) is 23.7 Å². The van der Waals surface area contributed by atoms with Crippen LogP contribution in [0.1, 0.15) is 34.6 Å². The van der Waals surface area contributed by atoms with Gasteiger partial charge in [0.2, 0.25) is 5.88 Å². The van der Waals surface area contributed by atoms with Crippen LogP contribution < -0.4 is 10.1 Å². The molecule has 1 atom stereocenters. The highest BCUT2D eigenvalue weighted by Crippen LogP contribution is 2.29. The minimum atomic E-state index is -4.45. The van der Waals surface area contributed by atoms with Gasteiger partial charge in [-0.3, -0.25) is 4.79 Å². The molecule has 5 nitrogen and oxygen atoms in total. The molecule has 0 aliphatic carbocycles. The van der Waals surface area contributed by atoms with Crippen LogP contribution in [0, 0.1) is 6.92 Å². The molecule has 3 rings (SSSR count). The molecule has 1 aromatic carbocycles. The van der Waals surface area contributed by atoms with E-state index in [1.54, 1.807) is 6.92 Å². The van der Waals surface area contributed by atoms with Gasteiger partial charge in [-0.1, -0.05) is 18.2 Å². The number of fused-ring (bicyclic) bond motifs is 1. The number of nitrogens with one attached hydrogen (secondary N) is 1. The lowest BCUT2D eigenvalue weighted by molar-refractivity contribution is -0.154. The number of benzene rings is 1. The average Bonchev–Trinajstić information content (AvgIpc) is 2.97. The van der Waals surface area contributed by atoms with Crippen molar-refractivity contribution in [1.82, 2.24) is 10.3 Å². The number of alkyl halides is 3. The Morgan fingerprint density at radius 1 is 1.26 bits per heavy atom. The molecule has 0 spiro atoms. The van der Waals surface area contributed by atoms with Gasteiger partial charge in [0, 0.05) is 23.2 Å². The number of carbonyl (C=O) groups is 1. The number of para-hydroxylation sites is 1. The fourth-order valence-electron chi connectivity index (χ4n) is 2.71. The Labute approximate surface area is 153 Å². The first-order valence-corrected chi connectivity index (χ1v) is 8.19. The van der Waals surface area contributed by atoms with Gasteiger partial charge in [0.15, 0.2) is 6.61 Å². The SMILES string of the molecule is Cc1c(C(C)NC(=O)c2ccc(OCC(F)(F)F)nc2)oc2ccccc12. The number of ether oxygens (including phenoxy) is 1. The van der Waals surface area contributed by atoms with Crippen molar-refractivity contribution in [3.8, 4) is 5.88 Å². The fourth-order valence-corrected chi connectivity index (χ4v) is 2.71. The Balaban J connectivity index is 1.68. The Bertz CT molecular complexity index is 949. The van der Waals surface area contributed by atoms with Crippen molar-refractivity contribution in [1.29, 1.82) is 0 Å². The molecule has 1 amide bonds. The van der Waals surface area contributed by atoms with Gasteiger partial charge in [0.05, 0.1) is 11.6 Å². The minimum absolute atomic E-state index is 0.204. The van der Waals surface area contributed by atoms with Gasteiger partial charge in [-0.2, -0.15) is 13.2 Å². The maximum atomic E-state index is 12.4. The molecule has 8 heteroatoms. The van der Waals surface area contributed by atoms with Crippen molar-refractivity contribution in [2.24, 2.45) is 0 Å². The second kappa shape index (κ2) is 7.30. The van der Waals surface area contributed by atoms with Crippen LogP contribution in [0.5, 0.6) is 5.88 Å². The van der Waals surface area contributed by atoms with Gasteiger partial charge in [-0.15, -0.1) is 0 Å². The number of aryl methyl sites for hydroxylation is 1. The Morgan fingerprint density at radius 3 is 2.63 bits per heavy atom. The molecule has 0 radical (unpaired) electrons. The van der Waals surface area contributed by atoms with Crippen LogP contribution in [0.3, 0.4) is 0 Å². The topological polar surface area (TPSA) is 64.4 Å². The molecule has 0 fully saturated rings. The molecule has 3 aromatic rings. The summed E-state index contributed by atoms with van der Waals surface area (Å²) in [6.07, 6.45) is -3.28. The molecule has 2 heterocycles. The first kappa shape index (κ1) is 18.8. The third-order valence-corrected chi connectivity index (χ3v) is 4.00. The zero-order valence-corrected chi connectivity index (χ0v) is 14.6. The van der Waals surface area contributed by atoms with Gasteiger partial charge in [0.25, 0.3) is 5.91 Å². The number of amides is 1. The number of carbonyl (C=O) groups excluding carboxylic acids is 1. The van der Waals surface area contributed by atoms with Crippen molar-refractivity contribution >= 4 is 16.9 Å². The van der Waals surface area contributed by atoms with E-state index in [2.05, 4.69) is 15.0 Å². The number of furan rings is 1. The molecular weight excluding hydrogens is 361 g/mol. The first-order valence-electron chi connectivity index (χ1n) is 8.19. The third kappa shape index (κ3) is 4.39. The lowest BCUT2D eigenvalue weighted by Gasteiger charge is -2.13. The van der Waals surface area contributed by atoms with Crippen LogP contribution in [-0.2, 0) is 0 Å². The van der Waals surface area contributed by atoms with Crippen molar-refractivity contribution in [2.45, 2.75) is 26.1 Å². The average molecular weight is 378 g/mol. The van der Waals surface area contributed by atoms with E-state index in [-0.39, 0.29) is 11.4 Å². The third-order valence-electron chi connectivity index (χ3n) is 4.00. The highest BCUT2D eigenvalue weighted by Gasteiger charge is 2.28. The Hall–Kier alpha value is -3.03. The van der Waals surface area contributed by atoms with E-state index in [0.717, 1.165) is 16.5 Å². The molecular formula is C19H17F3N2O3. The van der Waals surface area contributed by atoms with E-state index >= 15 is 0 Å². The van der Waals surface area contributed by atoms with Crippen LogP contribution in [0.25, 0.3) is 11.0 Å². The number of aromatic nitrogens is 1. The highest BCUT2D eigenvalue weighted by atomic mass is 19.4. The quantitative estimate of drug-likeness (QED) is 0.706. The van der Waals surface area contributed by atoms with E-state index in [9.17, 15) is 18.0 Å². The van der Waals surface area contributed by atoms with Gasteiger partial charge in [-0.05, 0) is 26.0 Å². The first-order chi connectivity index (χ1) is 12.7. The van der Waals surface area contributed by atoms with Gasteiger partial charge >= 0.3 is 6.18 Å². The smallest absolute Gasteiger partial charge is 0.422 e. The molecule has 2 aromatic heterocycles. The lowest BCUT2D eigenvalue weighted by Crippen LogP contribution is -2.27. The molecule has 0 aliphatic rings. The number of halogens is 3. The van der Waals surface area contributed by atoms with Gasteiger partial charge in [0.1, 0.15) is 11.3 Å². The number of nitrogens with zero attached hydrogens (tertiary/aromatic N) is 1. The van der Waals surface area contributed by atoms with Crippen molar-refractivity contribution in [3.05, 3.63) is 59.5 Å². The molecule has 1 unspecified atom stereocenters. The van der Waals surface area contributed by atoms with Crippen molar-refractivity contribution in [3.63, 3.8) is 0 Å². The summed E-state index contributed by atoms with van der Waals surface area (Å²) in [5, 5.41) is 3.77. The molecule has 142 valence electrons.